The van der Waals surface area contributed by atoms with Gasteiger partial charge >= 0.3 is 6.09 Å². The van der Waals surface area contributed by atoms with Crippen molar-refractivity contribution in [2.75, 3.05) is 25.5 Å². The van der Waals surface area contributed by atoms with Crippen LogP contribution in [0.25, 0.3) is 5.69 Å². The van der Waals surface area contributed by atoms with Crippen LogP contribution in [0.5, 0.6) is 5.75 Å². The molecule has 2 heterocycles. The molecule has 0 bridgehead atoms. The summed E-state index contributed by atoms with van der Waals surface area (Å²) >= 11 is 0. The molecule has 1 saturated heterocycles. The summed E-state index contributed by atoms with van der Waals surface area (Å²) in [5.74, 6) is -0.232. The fraction of sp³-hybridized carbons (Fsp3) is 0.393. The Hall–Kier alpha value is -4.41. The summed E-state index contributed by atoms with van der Waals surface area (Å²) in [7, 11) is 1.43. The number of aryl methyl sites for hydroxylation is 1. The fourth-order valence-electron chi connectivity index (χ4n) is 4.65. The third-order valence-corrected chi connectivity index (χ3v) is 6.47. The van der Waals surface area contributed by atoms with Crippen LogP contribution in [-0.4, -0.2) is 57.4 Å². The molecule has 0 saturated carbocycles. The minimum absolute atomic E-state index is 0.0700. The normalized spacial score (nSPS) is 14.1. The molecule has 39 heavy (non-hydrogen) atoms. The van der Waals surface area contributed by atoms with Crippen molar-refractivity contribution in [3.8, 4) is 11.4 Å². The first-order chi connectivity index (χ1) is 18.5. The number of aromatic nitrogens is 2. The lowest BCUT2D eigenvalue weighted by Crippen LogP contribution is -2.41. The lowest BCUT2D eigenvalue weighted by molar-refractivity contribution is -0.384. The molecule has 206 valence electrons. The van der Waals surface area contributed by atoms with Crippen molar-refractivity contribution in [3.63, 3.8) is 0 Å². The van der Waals surface area contributed by atoms with Crippen molar-refractivity contribution in [3.05, 3.63) is 75.6 Å². The van der Waals surface area contributed by atoms with Gasteiger partial charge in [-0.25, -0.2) is 9.48 Å². The molecule has 0 atom stereocenters. The number of nitrogens with zero attached hydrogens (tertiary/aromatic N) is 4. The second-order valence-electron chi connectivity index (χ2n) is 10.5. The van der Waals surface area contributed by atoms with Gasteiger partial charge in [-0.05, 0) is 64.3 Å². The van der Waals surface area contributed by atoms with Gasteiger partial charge in [0.2, 0.25) is 0 Å². The Labute approximate surface area is 226 Å². The monoisotopic (exact) mass is 535 g/mol. The number of carbonyl (C=O) groups is 2. The SMILES string of the molecule is COc1ccc([N+](=O)[O-])cc1NC(=O)c1cnn(-c2cccc(C)c2)c1C1CCN(C(=O)OC(C)(C)C)CC1. The van der Waals surface area contributed by atoms with Gasteiger partial charge in [0.1, 0.15) is 11.4 Å². The maximum atomic E-state index is 13.6. The molecule has 2 aromatic carbocycles. The van der Waals surface area contributed by atoms with Crippen LogP contribution in [0.1, 0.15) is 61.1 Å². The van der Waals surface area contributed by atoms with Gasteiger partial charge in [0.15, 0.2) is 0 Å². The Morgan fingerprint density at radius 1 is 1.13 bits per heavy atom. The van der Waals surface area contributed by atoms with E-state index in [2.05, 4.69) is 10.4 Å². The summed E-state index contributed by atoms with van der Waals surface area (Å²) in [5, 5.41) is 18.7. The number of ether oxygens (including phenoxy) is 2. The number of rotatable bonds is 6. The molecule has 0 aliphatic carbocycles. The highest BCUT2D eigenvalue weighted by molar-refractivity contribution is 6.06. The second kappa shape index (κ2) is 11.1. The summed E-state index contributed by atoms with van der Waals surface area (Å²) in [6, 6.07) is 11.8. The van der Waals surface area contributed by atoms with Crippen molar-refractivity contribution >= 4 is 23.4 Å². The molecular weight excluding hydrogens is 502 g/mol. The van der Waals surface area contributed by atoms with E-state index in [4.69, 9.17) is 9.47 Å². The zero-order chi connectivity index (χ0) is 28.3. The highest BCUT2D eigenvalue weighted by atomic mass is 16.6. The van der Waals surface area contributed by atoms with E-state index in [9.17, 15) is 19.7 Å². The molecule has 1 N–H and O–H groups in total. The Kier molecular flexibility index (Phi) is 7.89. The van der Waals surface area contributed by atoms with E-state index in [1.165, 1.54) is 31.5 Å². The number of methoxy groups -OCH3 is 1. The zero-order valence-corrected chi connectivity index (χ0v) is 22.8. The standard InChI is InChI=1S/C28H33N5O6/c1-18-7-6-8-20(15-18)32-25(19-11-13-31(14-12-19)27(35)39-28(2,3)4)22(17-29-32)26(34)30-23-16-21(33(36)37)9-10-24(23)38-5/h6-10,15-17,19H,11-14H2,1-5H3,(H,30,34). The summed E-state index contributed by atoms with van der Waals surface area (Å²) < 4.78 is 12.6. The summed E-state index contributed by atoms with van der Waals surface area (Å²) in [6.07, 6.45) is 2.37. The zero-order valence-electron chi connectivity index (χ0n) is 22.8. The number of hydrogen-bond acceptors (Lipinski definition) is 7. The number of nitro groups is 1. The molecule has 0 spiro atoms. The van der Waals surface area contributed by atoms with Crippen molar-refractivity contribution in [1.82, 2.24) is 14.7 Å². The van der Waals surface area contributed by atoms with Crippen molar-refractivity contribution in [2.45, 2.75) is 52.1 Å². The van der Waals surface area contributed by atoms with E-state index in [0.29, 0.717) is 42.9 Å². The number of anilines is 1. The number of piperidine rings is 1. The Morgan fingerprint density at radius 2 is 1.85 bits per heavy atom. The summed E-state index contributed by atoms with van der Waals surface area (Å²) in [6.45, 7) is 8.42. The van der Waals surface area contributed by atoms with E-state index in [-0.39, 0.29) is 23.4 Å². The van der Waals surface area contributed by atoms with Crippen LogP contribution in [0.15, 0.2) is 48.7 Å². The number of hydrogen-bond donors (Lipinski definition) is 1. The average Bonchev–Trinajstić information content (AvgIpc) is 3.33. The van der Waals surface area contributed by atoms with Crippen LogP contribution in [0.2, 0.25) is 0 Å². The number of likely N-dealkylation sites (tertiary alicyclic amines) is 1. The van der Waals surface area contributed by atoms with E-state index in [1.54, 1.807) is 9.58 Å². The number of non-ortho nitro benzene ring substituents is 1. The first-order valence-electron chi connectivity index (χ1n) is 12.7. The van der Waals surface area contributed by atoms with Gasteiger partial charge in [0.25, 0.3) is 11.6 Å². The largest absolute Gasteiger partial charge is 0.495 e. The van der Waals surface area contributed by atoms with Gasteiger partial charge in [0, 0.05) is 31.1 Å². The van der Waals surface area contributed by atoms with E-state index >= 15 is 0 Å². The predicted molar refractivity (Wildman–Crippen MR) is 146 cm³/mol. The first-order valence-corrected chi connectivity index (χ1v) is 12.7. The molecule has 1 aliphatic rings. The smallest absolute Gasteiger partial charge is 0.410 e. The maximum Gasteiger partial charge on any atom is 0.410 e. The molecule has 2 amide bonds. The first kappa shape index (κ1) is 27.6. The van der Waals surface area contributed by atoms with Gasteiger partial charge in [-0.2, -0.15) is 5.10 Å². The van der Waals surface area contributed by atoms with Crippen LogP contribution in [0.4, 0.5) is 16.2 Å². The van der Waals surface area contributed by atoms with Crippen molar-refractivity contribution in [2.24, 2.45) is 0 Å². The average molecular weight is 536 g/mol. The number of nitro benzene ring substituents is 1. The number of benzene rings is 2. The van der Waals surface area contributed by atoms with Gasteiger partial charge < -0.3 is 19.7 Å². The highest BCUT2D eigenvalue weighted by Crippen LogP contribution is 2.34. The third-order valence-electron chi connectivity index (χ3n) is 6.47. The van der Waals surface area contributed by atoms with Crippen LogP contribution < -0.4 is 10.1 Å². The van der Waals surface area contributed by atoms with Crippen molar-refractivity contribution in [1.29, 1.82) is 0 Å². The van der Waals surface area contributed by atoms with Crippen LogP contribution >= 0.6 is 0 Å². The molecule has 1 aromatic heterocycles. The molecule has 1 aliphatic heterocycles. The molecule has 11 nitrogen and oxygen atoms in total. The van der Waals surface area contributed by atoms with Gasteiger partial charge in [-0.1, -0.05) is 12.1 Å². The van der Waals surface area contributed by atoms with Crippen LogP contribution in [0.3, 0.4) is 0 Å². The molecule has 3 aromatic rings. The lowest BCUT2D eigenvalue weighted by Gasteiger charge is -2.34. The van der Waals surface area contributed by atoms with Crippen LogP contribution in [0, 0.1) is 17.0 Å². The van der Waals surface area contributed by atoms with E-state index < -0.39 is 16.4 Å². The van der Waals surface area contributed by atoms with Crippen molar-refractivity contribution < 1.29 is 24.0 Å². The molecule has 4 rings (SSSR count). The number of carbonyl (C=O) groups excluding carboxylic acids is 2. The molecule has 11 heteroatoms. The maximum absolute atomic E-state index is 13.6. The minimum atomic E-state index is -0.587. The predicted octanol–water partition coefficient (Wildman–Crippen LogP) is 5.46. The Morgan fingerprint density at radius 3 is 2.46 bits per heavy atom. The molecular formula is C28H33N5O6. The summed E-state index contributed by atoms with van der Waals surface area (Å²) in [5.41, 5.74) is 2.35. The highest BCUT2D eigenvalue weighted by Gasteiger charge is 2.32. The van der Waals surface area contributed by atoms with Crippen LogP contribution in [-0.2, 0) is 4.74 Å². The van der Waals surface area contributed by atoms with E-state index in [1.807, 2.05) is 52.0 Å². The molecule has 0 radical (unpaired) electrons. The molecule has 1 fully saturated rings. The fourth-order valence-corrected chi connectivity index (χ4v) is 4.65. The number of amides is 2. The van der Waals surface area contributed by atoms with Gasteiger partial charge in [0.05, 0.1) is 40.9 Å². The second-order valence-corrected chi connectivity index (χ2v) is 10.5. The molecule has 0 unspecified atom stereocenters. The Balaban J connectivity index is 1.66. The topological polar surface area (TPSA) is 129 Å². The quantitative estimate of drug-likeness (QED) is 0.328. The van der Waals surface area contributed by atoms with Gasteiger partial charge in [-0.15, -0.1) is 0 Å². The van der Waals surface area contributed by atoms with E-state index in [0.717, 1.165) is 11.3 Å². The number of nitrogens with one attached hydrogen (secondary N) is 1. The minimum Gasteiger partial charge on any atom is -0.495 e. The summed E-state index contributed by atoms with van der Waals surface area (Å²) in [4.78, 5) is 38.7. The van der Waals surface area contributed by atoms with Gasteiger partial charge in [-0.3, -0.25) is 14.9 Å². The lowest BCUT2D eigenvalue weighted by atomic mass is 9.90. The third kappa shape index (κ3) is 6.36. The Bertz CT molecular complexity index is 1390.